The highest BCUT2D eigenvalue weighted by Gasteiger charge is 2.44. The Labute approximate surface area is 177 Å². The van der Waals surface area contributed by atoms with Crippen LogP contribution in [0.3, 0.4) is 0 Å². The monoisotopic (exact) mass is 411 g/mol. The van der Waals surface area contributed by atoms with Gasteiger partial charge in [-0.1, -0.05) is 45.0 Å². The molecule has 1 aliphatic rings. The second kappa shape index (κ2) is 8.65. The van der Waals surface area contributed by atoms with Gasteiger partial charge in [0.15, 0.2) is 0 Å². The van der Waals surface area contributed by atoms with E-state index in [2.05, 4.69) is 61.2 Å². The summed E-state index contributed by atoms with van der Waals surface area (Å²) in [4.78, 5) is 24.5. The largest absolute Gasteiger partial charge is 0.497 e. The molecule has 3 rings (SSSR count). The predicted octanol–water partition coefficient (Wildman–Crippen LogP) is 3.96. The molecule has 0 spiro atoms. The number of amides is 3. The second-order valence-electron chi connectivity index (χ2n) is 8.46. The molecule has 2 aromatic rings. The van der Waals surface area contributed by atoms with Crippen molar-refractivity contribution in [1.29, 1.82) is 0 Å². The van der Waals surface area contributed by atoms with E-state index in [1.807, 2.05) is 0 Å². The van der Waals surface area contributed by atoms with Gasteiger partial charge in [0.1, 0.15) is 11.5 Å². The van der Waals surface area contributed by atoms with Crippen molar-refractivity contribution in [2.24, 2.45) is 5.92 Å². The van der Waals surface area contributed by atoms with Crippen LogP contribution in [0.1, 0.15) is 44.2 Å². The predicted molar refractivity (Wildman–Crippen MR) is 116 cm³/mol. The number of anilines is 1. The maximum absolute atomic E-state index is 12.4. The van der Waals surface area contributed by atoms with E-state index >= 15 is 0 Å². The molecular formula is C23H29N3O4. The smallest absolute Gasteiger partial charge is 0.338 e. The number of nitrogens with one attached hydrogen (secondary N) is 3. The number of carbonyl (C=O) groups excluding carboxylic acids is 2. The zero-order chi connectivity index (χ0) is 21.9. The molecule has 0 unspecified atom stereocenters. The number of carbonyl (C=O) groups is 2. The minimum atomic E-state index is -0.557. The fourth-order valence-corrected chi connectivity index (χ4v) is 3.35. The van der Waals surface area contributed by atoms with Gasteiger partial charge in [-0.3, -0.25) is 10.2 Å². The van der Waals surface area contributed by atoms with Gasteiger partial charge in [0.05, 0.1) is 19.9 Å². The highest BCUT2D eigenvalue weighted by atomic mass is 16.5. The van der Waals surface area contributed by atoms with Crippen molar-refractivity contribution in [3.05, 3.63) is 53.6 Å². The Morgan fingerprint density at radius 3 is 2.27 bits per heavy atom. The molecule has 0 radical (unpaired) electrons. The molecule has 2 aromatic carbocycles. The molecule has 0 saturated heterocycles. The lowest BCUT2D eigenvalue weighted by molar-refractivity contribution is -0.123. The minimum absolute atomic E-state index is 0.0999. The lowest BCUT2D eigenvalue weighted by Crippen LogP contribution is -2.44. The van der Waals surface area contributed by atoms with Crippen LogP contribution in [0.25, 0.3) is 0 Å². The number of ether oxygens (including phenoxy) is 2. The molecule has 0 bridgehead atoms. The Bertz CT molecular complexity index is 919. The highest BCUT2D eigenvalue weighted by Crippen LogP contribution is 2.47. The van der Waals surface area contributed by atoms with E-state index in [4.69, 9.17) is 9.47 Å². The summed E-state index contributed by atoms with van der Waals surface area (Å²) in [6.07, 6.45) is 0.774. The molecule has 1 fully saturated rings. The third-order valence-electron chi connectivity index (χ3n) is 5.29. The quantitative estimate of drug-likeness (QED) is 0.650. The first kappa shape index (κ1) is 21.5. The van der Waals surface area contributed by atoms with Gasteiger partial charge in [0.25, 0.3) is 0 Å². The molecule has 7 nitrogen and oxygen atoms in total. The number of benzene rings is 2. The molecule has 7 heteroatoms. The van der Waals surface area contributed by atoms with E-state index in [1.165, 1.54) is 12.7 Å². The normalized spacial score (nSPS) is 17.6. The van der Waals surface area contributed by atoms with E-state index in [-0.39, 0.29) is 23.2 Å². The maximum atomic E-state index is 12.4. The second-order valence-corrected chi connectivity index (χ2v) is 8.46. The van der Waals surface area contributed by atoms with Crippen LogP contribution in [0.4, 0.5) is 10.5 Å². The van der Waals surface area contributed by atoms with Crippen molar-refractivity contribution in [1.82, 2.24) is 10.9 Å². The molecule has 1 aliphatic carbocycles. The summed E-state index contributed by atoms with van der Waals surface area (Å²) >= 11 is 0. The zero-order valence-corrected chi connectivity index (χ0v) is 18.0. The average Bonchev–Trinajstić information content (AvgIpc) is 3.53. The first-order chi connectivity index (χ1) is 14.2. The van der Waals surface area contributed by atoms with Crippen LogP contribution in [0.15, 0.2) is 42.5 Å². The van der Waals surface area contributed by atoms with Crippen LogP contribution in [0.5, 0.6) is 11.5 Å². The van der Waals surface area contributed by atoms with Crippen molar-refractivity contribution in [2.45, 2.75) is 38.5 Å². The Balaban J connectivity index is 1.50. The van der Waals surface area contributed by atoms with E-state index in [0.717, 1.165) is 12.0 Å². The summed E-state index contributed by atoms with van der Waals surface area (Å²) in [6, 6.07) is 12.9. The summed E-state index contributed by atoms with van der Waals surface area (Å²) in [5, 5.41) is 2.65. The molecule has 3 N–H and O–H groups in total. The van der Waals surface area contributed by atoms with Gasteiger partial charge in [-0.15, -0.1) is 0 Å². The van der Waals surface area contributed by atoms with E-state index in [9.17, 15) is 9.59 Å². The van der Waals surface area contributed by atoms with Crippen molar-refractivity contribution >= 4 is 17.6 Å². The van der Waals surface area contributed by atoms with Crippen LogP contribution < -0.4 is 25.6 Å². The summed E-state index contributed by atoms with van der Waals surface area (Å²) in [5.41, 5.74) is 7.87. The topological polar surface area (TPSA) is 88.7 Å². The third kappa shape index (κ3) is 5.03. The van der Waals surface area contributed by atoms with E-state index in [1.54, 1.807) is 25.3 Å². The van der Waals surface area contributed by atoms with Crippen LogP contribution >= 0.6 is 0 Å². The number of urea groups is 1. The summed E-state index contributed by atoms with van der Waals surface area (Å²) in [7, 11) is 3.05. The molecule has 30 heavy (non-hydrogen) atoms. The van der Waals surface area contributed by atoms with E-state index < -0.39 is 6.03 Å². The number of hydrogen-bond donors (Lipinski definition) is 3. The number of hydrogen-bond acceptors (Lipinski definition) is 4. The van der Waals surface area contributed by atoms with Gasteiger partial charge in [0.2, 0.25) is 5.91 Å². The Hall–Kier alpha value is -3.22. The van der Waals surface area contributed by atoms with E-state index in [0.29, 0.717) is 17.2 Å². The minimum Gasteiger partial charge on any atom is -0.497 e. The Morgan fingerprint density at radius 2 is 1.67 bits per heavy atom. The zero-order valence-electron chi connectivity index (χ0n) is 18.0. The van der Waals surface area contributed by atoms with Gasteiger partial charge in [0, 0.05) is 12.0 Å². The van der Waals surface area contributed by atoms with Crippen molar-refractivity contribution < 1.29 is 19.1 Å². The van der Waals surface area contributed by atoms with Crippen LogP contribution in [0, 0.1) is 5.92 Å². The maximum Gasteiger partial charge on any atom is 0.338 e. The molecule has 0 aromatic heterocycles. The number of methoxy groups -OCH3 is 2. The lowest BCUT2D eigenvalue weighted by atomic mass is 9.86. The van der Waals surface area contributed by atoms with Crippen molar-refractivity contribution in [2.75, 3.05) is 19.5 Å². The SMILES string of the molecule is COc1ccc(NC(=O)NNC(=O)[C@H]2C[C@@H]2c2ccc(C(C)(C)C)cc2)c(OC)c1. The molecular weight excluding hydrogens is 382 g/mol. The molecule has 1 saturated carbocycles. The summed E-state index contributed by atoms with van der Waals surface area (Å²) in [6.45, 7) is 6.52. The van der Waals surface area contributed by atoms with Crippen molar-refractivity contribution in [3.63, 3.8) is 0 Å². The van der Waals surface area contributed by atoms with Gasteiger partial charge in [-0.25, -0.2) is 10.2 Å². The number of rotatable bonds is 5. The number of hydrazine groups is 1. The lowest BCUT2D eigenvalue weighted by Gasteiger charge is -2.19. The van der Waals surface area contributed by atoms with Crippen LogP contribution in [0.2, 0.25) is 0 Å². The van der Waals surface area contributed by atoms with Crippen LogP contribution in [-0.2, 0) is 10.2 Å². The first-order valence-corrected chi connectivity index (χ1v) is 9.92. The fraction of sp³-hybridized carbons (Fsp3) is 0.391. The molecule has 2 atom stereocenters. The fourth-order valence-electron chi connectivity index (χ4n) is 3.35. The van der Waals surface area contributed by atoms with Gasteiger partial charge in [-0.2, -0.15) is 0 Å². The molecule has 0 aliphatic heterocycles. The Kier molecular flexibility index (Phi) is 6.20. The highest BCUT2D eigenvalue weighted by molar-refractivity contribution is 5.93. The third-order valence-corrected chi connectivity index (χ3v) is 5.29. The summed E-state index contributed by atoms with van der Waals surface area (Å²) < 4.78 is 10.4. The van der Waals surface area contributed by atoms with Crippen molar-refractivity contribution in [3.8, 4) is 11.5 Å². The molecule has 0 heterocycles. The molecule has 160 valence electrons. The van der Waals surface area contributed by atoms with Gasteiger partial charge < -0.3 is 14.8 Å². The first-order valence-electron chi connectivity index (χ1n) is 9.92. The Morgan fingerprint density at radius 1 is 0.967 bits per heavy atom. The standard InChI is InChI=1S/C23H29N3O4/c1-23(2,3)15-8-6-14(7-9-15)17-13-18(17)21(27)25-26-22(28)24-19-11-10-16(29-4)12-20(19)30-5/h6-12,17-18H,13H2,1-5H3,(H,25,27)(H2,24,26,28)/t17-,18+/m1/s1. The van der Waals surface area contributed by atoms with Crippen LogP contribution in [-0.4, -0.2) is 26.2 Å². The van der Waals surface area contributed by atoms with Gasteiger partial charge in [-0.05, 0) is 41.0 Å². The average molecular weight is 412 g/mol. The molecule has 3 amide bonds. The van der Waals surface area contributed by atoms with Gasteiger partial charge >= 0.3 is 6.03 Å². The summed E-state index contributed by atoms with van der Waals surface area (Å²) in [5.74, 6) is 0.918.